The number of rotatable bonds is 2. The van der Waals surface area contributed by atoms with Crippen LogP contribution in [0.1, 0.15) is 43.1 Å². The first-order valence-corrected chi connectivity index (χ1v) is 8.24. The van der Waals surface area contributed by atoms with Gasteiger partial charge in [-0.05, 0) is 32.6 Å². The lowest BCUT2D eigenvalue weighted by molar-refractivity contribution is -0.136. The maximum Gasteiger partial charge on any atom is 0.251 e. The molecule has 2 heterocycles. The summed E-state index contributed by atoms with van der Waals surface area (Å²) in [5.74, 6) is 0.790. The summed E-state index contributed by atoms with van der Waals surface area (Å²) < 4.78 is 0. The van der Waals surface area contributed by atoms with Crippen LogP contribution in [0, 0.1) is 12.8 Å². The number of piperidine rings is 1. The third-order valence-corrected chi connectivity index (χ3v) is 5.03. The van der Waals surface area contributed by atoms with Gasteiger partial charge in [0.15, 0.2) is 0 Å². The summed E-state index contributed by atoms with van der Waals surface area (Å²) in [6, 6.07) is 1.27. The van der Waals surface area contributed by atoms with Gasteiger partial charge in [-0.1, -0.05) is 0 Å². The molecule has 23 heavy (non-hydrogen) atoms. The average molecular weight is 320 g/mol. The number of nitrogens with two attached hydrogens (primary N) is 1. The monoisotopic (exact) mass is 320 g/mol. The number of H-pyrrole nitrogens is 1. The number of aryl methyl sites for hydroxylation is 1. The first-order valence-electron chi connectivity index (χ1n) is 8.24. The zero-order chi connectivity index (χ0) is 16.6. The number of likely N-dealkylation sites (tertiary alicyclic amines) is 1. The van der Waals surface area contributed by atoms with Crippen LogP contribution in [-0.2, 0) is 4.79 Å². The molecule has 0 aromatic carbocycles. The van der Waals surface area contributed by atoms with Crippen molar-refractivity contribution in [3.63, 3.8) is 0 Å². The normalized spacial score (nSPS) is 29.0. The van der Waals surface area contributed by atoms with Crippen LogP contribution in [0.25, 0.3) is 0 Å². The van der Waals surface area contributed by atoms with E-state index < -0.39 is 6.10 Å². The summed E-state index contributed by atoms with van der Waals surface area (Å²) in [4.78, 5) is 33.0. The van der Waals surface area contributed by atoms with E-state index in [9.17, 15) is 14.7 Å². The molecule has 2 fully saturated rings. The quantitative estimate of drug-likeness (QED) is 0.703. The number of carbonyl (C=O) groups is 1. The molecular formula is C16H24N4O3. The predicted octanol–water partition coefficient (Wildman–Crippen LogP) is -0.117. The van der Waals surface area contributed by atoms with Gasteiger partial charge in [-0.25, -0.2) is 4.98 Å². The highest BCUT2D eigenvalue weighted by atomic mass is 16.3. The van der Waals surface area contributed by atoms with E-state index in [1.54, 1.807) is 13.0 Å². The van der Waals surface area contributed by atoms with E-state index in [4.69, 9.17) is 5.73 Å². The Labute approximate surface area is 134 Å². The van der Waals surface area contributed by atoms with Crippen molar-refractivity contribution in [3.05, 3.63) is 27.9 Å². The Balaban J connectivity index is 1.60. The first-order chi connectivity index (χ1) is 10.9. The van der Waals surface area contributed by atoms with Gasteiger partial charge < -0.3 is 20.7 Å². The Kier molecular flexibility index (Phi) is 4.50. The number of hydrogen-bond donors (Lipinski definition) is 3. The van der Waals surface area contributed by atoms with Gasteiger partial charge in [0, 0.05) is 37.0 Å². The standard InChI is InChI=1S/C16H24N4O3/c1-9-18-13(8-15(22)19-9)10-2-4-20(5-3-10)16(23)11-6-12(17)14(21)7-11/h8,10-12,14,21H,2-7,17H2,1H3,(H,18,19,22)/t11-,12+,14+/m0/s1. The molecule has 1 aromatic rings. The van der Waals surface area contributed by atoms with Crippen LogP contribution in [0.4, 0.5) is 0 Å². The Hall–Kier alpha value is -1.73. The molecule has 0 radical (unpaired) electrons. The predicted molar refractivity (Wildman–Crippen MR) is 84.9 cm³/mol. The number of carbonyl (C=O) groups excluding carboxylic acids is 1. The van der Waals surface area contributed by atoms with Crippen LogP contribution >= 0.6 is 0 Å². The second kappa shape index (κ2) is 6.41. The minimum absolute atomic E-state index is 0.102. The lowest BCUT2D eigenvalue weighted by Gasteiger charge is -2.33. The molecule has 2 aliphatic rings. The summed E-state index contributed by atoms with van der Waals surface area (Å²) in [5, 5.41) is 9.72. The van der Waals surface area contributed by atoms with Crippen LogP contribution in [0.5, 0.6) is 0 Å². The van der Waals surface area contributed by atoms with Crippen molar-refractivity contribution in [3.8, 4) is 0 Å². The summed E-state index contributed by atoms with van der Waals surface area (Å²) >= 11 is 0. The average Bonchev–Trinajstić information content (AvgIpc) is 2.85. The third-order valence-electron chi connectivity index (χ3n) is 5.03. The molecule has 1 amide bonds. The number of nitrogens with zero attached hydrogens (tertiary/aromatic N) is 2. The van der Waals surface area contributed by atoms with E-state index >= 15 is 0 Å². The van der Waals surface area contributed by atoms with E-state index in [1.807, 2.05) is 4.90 Å². The maximum absolute atomic E-state index is 12.5. The van der Waals surface area contributed by atoms with Crippen molar-refractivity contribution < 1.29 is 9.90 Å². The van der Waals surface area contributed by atoms with E-state index in [-0.39, 0.29) is 29.3 Å². The van der Waals surface area contributed by atoms with Gasteiger partial charge in [0.1, 0.15) is 5.82 Å². The number of aliphatic hydroxyl groups excluding tert-OH is 1. The molecule has 1 saturated heterocycles. The minimum atomic E-state index is -0.565. The fourth-order valence-corrected chi connectivity index (χ4v) is 3.72. The maximum atomic E-state index is 12.5. The molecule has 0 bridgehead atoms. The molecule has 1 aliphatic carbocycles. The third kappa shape index (κ3) is 3.45. The Morgan fingerprint density at radius 1 is 1.39 bits per heavy atom. The lowest BCUT2D eigenvalue weighted by atomic mass is 9.92. The number of aromatic amines is 1. The van der Waals surface area contributed by atoms with E-state index in [0.717, 1.165) is 18.5 Å². The fourth-order valence-electron chi connectivity index (χ4n) is 3.72. The van der Waals surface area contributed by atoms with Crippen LogP contribution in [0.15, 0.2) is 10.9 Å². The van der Waals surface area contributed by atoms with Crippen molar-refractivity contribution >= 4 is 5.91 Å². The zero-order valence-electron chi connectivity index (χ0n) is 13.4. The van der Waals surface area contributed by atoms with Crippen molar-refractivity contribution in [1.82, 2.24) is 14.9 Å². The van der Waals surface area contributed by atoms with E-state index in [0.29, 0.717) is 31.8 Å². The van der Waals surface area contributed by atoms with Crippen molar-refractivity contribution in [2.45, 2.75) is 50.7 Å². The molecule has 4 N–H and O–H groups in total. The molecule has 126 valence electrons. The van der Waals surface area contributed by atoms with Crippen LogP contribution < -0.4 is 11.3 Å². The molecule has 7 nitrogen and oxygen atoms in total. The highest BCUT2D eigenvalue weighted by Crippen LogP contribution is 2.30. The van der Waals surface area contributed by atoms with Gasteiger partial charge in [-0.2, -0.15) is 0 Å². The topological polar surface area (TPSA) is 112 Å². The summed E-state index contributed by atoms with van der Waals surface area (Å²) in [7, 11) is 0. The SMILES string of the molecule is Cc1nc(C2CCN(C(=O)[C@H]3C[C@@H](N)[C@H](O)C3)CC2)cc(=O)[nH]1. The summed E-state index contributed by atoms with van der Waals surface area (Å²) in [6.07, 6.45) is 2.08. The second-order valence-electron chi connectivity index (χ2n) is 6.75. The zero-order valence-corrected chi connectivity index (χ0v) is 13.4. The van der Waals surface area contributed by atoms with Crippen LogP contribution in [-0.4, -0.2) is 51.1 Å². The summed E-state index contributed by atoms with van der Waals surface area (Å²) in [5.41, 5.74) is 6.49. The van der Waals surface area contributed by atoms with E-state index in [1.165, 1.54) is 0 Å². The Bertz CT molecular complexity index is 626. The fraction of sp³-hybridized carbons (Fsp3) is 0.688. The number of hydrogen-bond acceptors (Lipinski definition) is 5. The minimum Gasteiger partial charge on any atom is -0.391 e. The van der Waals surface area contributed by atoms with Crippen molar-refractivity contribution in [2.24, 2.45) is 11.7 Å². The first kappa shape index (κ1) is 16.1. The van der Waals surface area contributed by atoms with Gasteiger partial charge in [-0.15, -0.1) is 0 Å². The number of aromatic nitrogens is 2. The molecule has 0 spiro atoms. The molecule has 1 saturated carbocycles. The summed E-state index contributed by atoms with van der Waals surface area (Å²) in [6.45, 7) is 3.11. The number of nitrogens with one attached hydrogen (secondary N) is 1. The van der Waals surface area contributed by atoms with Gasteiger partial charge in [-0.3, -0.25) is 9.59 Å². The van der Waals surface area contributed by atoms with Gasteiger partial charge in [0.25, 0.3) is 5.56 Å². The molecular weight excluding hydrogens is 296 g/mol. The highest BCUT2D eigenvalue weighted by Gasteiger charge is 2.37. The van der Waals surface area contributed by atoms with Gasteiger partial charge >= 0.3 is 0 Å². The van der Waals surface area contributed by atoms with Crippen molar-refractivity contribution in [1.29, 1.82) is 0 Å². The molecule has 7 heteroatoms. The van der Waals surface area contributed by atoms with Gasteiger partial charge in [0.2, 0.25) is 5.91 Å². The smallest absolute Gasteiger partial charge is 0.251 e. The molecule has 1 aliphatic heterocycles. The van der Waals surface area contributed by atoms with E-state index in [2.05, 4.69) is 9.97 Å². The Morgan fingerprint density at radius 3 is 2.65 bits per heavy atom. The number of amides is 1. The van der Waals surface area contributed by atoms with Crippen LogP contribution in [0.2, 0.25) is 0 Å². The second-order valence-corrected chi connectivity index (χ2v) is 6.75. The molecule has 3 rings (SSSR count). The molecule has 1 aromatic heterocycles. The largest absolute Gasteiger partial charge is 0.391 e. The molecule has 0 unspecified atom stereocenters. The Morgan fingerprint density at radius 2 is 2.09 bits per heavy atom. The molecule has 3 atom stereocenters. The van der Waals surface area contributed by atoms with Crippen molar-refractivity contribution in [2.75, 3.05) is 13.1 Å². The van der Waals surface area contributed by atoms with Crippen LogP contribution in [0.3, 0.4) is 0 Å². The lowest BCUT2D eigenvalue weighted by Crippen LogP contribution is -2.41. The number of aliphatic hydroxyl groups is 1. The van der Waals surface area contributed by atoms with Gasteiger partial charge in [0.05, 0.1) is 11.8 Å². The highest BCUT2D eigenvalue weighted by molar-refractivity contribution is 5.79.